The fraction of sp³-hybridized carbons (Fsp3) is 0.375. The Morgan fingerprint density at radius 1 is 1.42 bits per heavy atom. The highest BCUT2D eigenvalue weighted by molar-refractivity contribution is 7.91. The molecule has 1 fully saturated rings. The number of aromatic nitrogens is 1. The normalized spacial score (nSPS) is 19.1. The molecule has 2 aromatic rings. The predicted molar refractivity (Wildman–Crippen MR) is 93.4 cm³/mol. The van der Waals surface area contributed by atoms with E-state index in [2.05, 4.69) is 10.3 Å². The topological polar surface area (TPSA) is 79.4 Å². The first kappa shape index (κ1) is 17.1. The van der Waals surface area contributed by atoms with Gasteiger partial charge in [-0.1, -0.05) is 6.07 Å². The molecule has 128 valence electrons. The van der Waals surface area contributed by atoms with Crippen LogP contribution in [0, 0.1) is 12.8 Å². The van der Waals surface area contributed by atoms with Crippen LogP contribution in [-0.4, -0.2) is 36.7 Å². The summed E-state index contributed by atoms with van der Waals surface area (Å²) in [6.45, 7) is 2.58. The van der Waals surface area contributed by atoms with Crippen LogP contribution in [-0.2, 0) is 14.8 Å². The summed E-state index contributed by atoms with van der Waals surface area (Å²) < 4.78 is 27.0. The number of sulfonamides is 1. The SMILES string of the molecule is Cc1ccnc(NC(=O)[C@H]2CCCN(S(=O)(=O)c3cccs3)C2)c1. The number of rotatable bonds is 4. The van der Waals surface area contributed by atoms with Crippen molar-refractivity contribution in [3.63, 3.8) is 0 Å². The van der Waals surface area contributed by atoms with E-state index in [0.717, 1.165) is 5.56 Å². The third kappa shape index (κ3) is 3.66. The van der Waals surface area contributed by atoms with Crippen molar-refractivity contribution in [3.8, 4) is 0 Å². The lowest BCUT2D eigenvalue weighted by atomic mass is 9.99. The summed E-state index contributed by atoms with van der Waals surface area (Å²) in [5.41, 5.74) is 1.01. The molecule has 1 aliphatic rings. The highest BCUT2D eigenvalue weighted by atomic mass is 32.2. The minimum Gasteiger partial charge on any atom is -0.310 e. The number of carbonyl (C=O) groups is 1. The summed E-state index contributed by atoms with van der Waals surface area (Å²) in [5, 5.41) is 4.53. The molecule has 1 amide bonds. The fourth-order valence-corrected chi connectivity index (χ4v) is 5.41. The zero-order chi connectivity index (χ0) is 17.2. The molecule has 0 bridgehead atoms. The monoisotopic (exact) mass is 365 g/mol. The lowest BCUT2D eigenvalue weighted by molar-refractivity contribution is -0.120. The van der Waals surface area contributed by atoms with Crippen molar-refractivity contribution in [2.75, 3.05) is 18.4 Å². The van der Waals surface area contributed by atoms with Gasteiger partial charge in [0.25, 0.3) is 10.0 Å². The van der Waals surface area contributed by atoms with E-state index in [1.54, 1.807) is 29.8 Å². The number of nitrogens with one attached hydrogen (secondary N) is 1. The molecule has 0 aromatic carbocycles. The number of carbonyl (C=O) groups excluding carboxylic acids is 1. The Kier molecular flexibility index (Phi) is 4.98. The van der Waals surface area contributed by atoms with E-state index >= 15 is 0 Å². The Labute approximate surface area is 145 Å². The molecule has 1 aliphatic heterocycles. The molecule has 0 aliphatic carbocycles. The standard InChI is InChI=1S/C16H19N3O3S2/c1-12-6-7-17-14(10-12)18-16(20)13-4-2-8-19(11-13)24(21,22)15-5-3-9-23-15/h3,5-7,9-10,13H,2,4,8,11H2,1H3,(H,17,18,20)/t13-/m0/s1. The molecule has 2 aromatic heterocycles. The van der Waals surface area contributed by atoms with E-state index in [1.807, 2.05) is 13.0 Å². The van der Waals surface area contributed by atoms with E-state index in [4.69, 9.17) is 0 Å². The minimum atomic E-state index is -3.51. The molecule has 3 rings (SSSR count). The van der Waals surface area contributed by atoms with Gasteiger partial charge in [-0.05, 0) is 48.9 Å². The molecule has 8 heteroatoms. The van der Waals surface area contributed by atoms with Gasteiger partial charge in [-0.3, -0.25) is 4.79 Å². The van der Waals surface area contributed by atoms with Crippen LogP contribution in [0.5, 0.6) is 0 Å². The third-order valence-electron chi connectivity index (χ3n) is 4.01. The maximum atomic E-state index is 12.6. The molecule has 1 N–H and O–H groups in total. The molecule has 0 spiro atoms. The van der Waals surface area contributed by atoms with Crippen LogP contribution in [0.4, 0.5) is 5.82 Å². The van der Waals surface area contributed by atoms with Crippen LogP contribution in [0.1, 0.15) is 18.4 Å². The summed E-state index contributed by atoms with van der Waals surface area (Å²) in [7, 11) is -3.51. The highest BCUT2D eigenvalue weighted by Crippen LogP contribution is 2.26. The van der Waals surface area contributed by atoms with Gasteiger partial charge in [0.2, 0.25) is 5.91 Å². The minimum absolute atomic E-state index is 0.181. The van der Waals surface area contributed by atoms with Crippen molar-refractivity contribution in [1.82, 2.24) is 9.29 Å². The Morgan fingerprint density at radius 2 is 2.25 bits per heavy atom. The van der Waals surface area contributed by atoms with Crippen LogP contribution in [0.15, 0.2) is 40.1 Å². The van der Waals surface area contributed by atoms with Gasteiger partial charge in [0.15, 0.2) is 0 Å². The number of hydrogen-bond donors (Lipinski definition) is 1. The van der Waals surface area contributed by atoms with Crippen LogP contribution in [0.3, 0.4) is 0 Å². The number of nitrogens with zero attached hydrogens (tertiary/aromatic N) is 2. The lowest BCUT2D eigenvalue weighted by Crippen LogP contribution is -2.43. The molecule has 24 heavy (non-hydrogen) atoms. The van der Waals surface area contributed by atoms with E-state index in [-0.39, 0.29) is 18.4 Å². The number of piperidine rings is 1. The second kappa shape index (κ2) is 7.00. The summed E-state index contributed by atoms with van der Waals surface area (Å²) in [4.78, 5) is 16.6. The quantitative estimate of drug-likeness (QED) is 0.903. The van der Waals surface area contributed by atoms with Gasteiger partial charge < -0.3 is 5.32 Å². The van der Waals surface area contributed by atoms with Crippen LogP contribution in [0.25, 0.3) is 0 Å². The molecule has 0 radical (unpaired) electrons. The third-order valence-corrected chi connectivity index (χ3v) is 7.25. The van der Waals surface area contributed by atoms with E-state index in [0.29, 0.717) is 29.4 Å². The van der Waals surface area contributed by atoms with E-state index in [9.17, 15) is 13.2 Å². The van der Waals surface area contributed by atoms with E-state index in [1.165, 1.54) is 15.6 Å². The number of pyridine rings is 1. The molecule has 1 atom stereocenters. The predicted octanol–water partition coefficient (Wildman–Crippen LogP) is 2.49. The molecular weight excluding hydrogens is 346 g/mol. The average molecular weight is 365 g/mol. The zero-order valence-electron chi connectivity index (χ0n) is 13.3. The Bertz CT molecular complexity index is 819. The average Bonchev–Trinajstić information content (AvgIpc) is 3.10. The molecule has 0 unspecified atom stereocenters. The summed E-state index contributed by atoms with van der Waals surface area (Å²) in [6, 6.07) is 6.96. The fourth-order valence-electron chi connectivity index (χ4n) is 2.75. The van der Waals surface area contributed by atoms with Crippen molar-refractivity contribution in [1.29, 1.82) is 0 Å². The maximum Gasteiger partial charge on any atom is 0.252 e. The van der Waals surface area contributed by atoms with Gasteiger partial charge in [-0.25, -0.2) is 13.4 Å². The number of hydrogen-bond acceptors (Lipinski definition) is 5. The number of thiophene rings is 1. The van der Waals surface area contributed by atoms with Gasteiger partial charge in [0.1, 0.15) is 10.0 Å². The molecule has 0 saturated carbocycles. The zero-order valence-corrected chi connectivity index (χ0v) is 14.9. The molecule has 1 saturated heterocycles. The number of aryl methyl sites for hydroxylation is 1. The first-order chi connectivity index (χ1) is 11.5. The van der Waals surface area contributed by atoms with Crippen molar-refractivity contribution >= 4 is 33.1 Å². The van der Waals surface area contributed by atoms with Crippen molar-refractivity contribution in [3.05, 3.63) is 41.4 Å². The largest absolute Gasteiger partial charge is 0.310 e. The van der Waals surface area contributed by atoms with Crippen LogP contribution >= 0.6 is 11.3 Å². The second-order valence-corrected chi connectivity index (χ2v) is 8.95. The summed E-state index contributed by atoms with van der Waals surface area (Å²) >= 11 is 1.20. The first-order valence-corrected chi connectivity index (χ1v) is 10.1. The van der Waals surface area contributed by atoms with Gasteiger partial charge >= 0.3 is 0 Å². The number of anilines is 1. The highest BCUT2D eigenvalue weighted by Gasteiger charge is 2.33. The van der Waals surface area contributed by atoms with Crippen LogP contribution < -0.4 is 5.32 Å². The number of amides is 1. The lowest BCUT2D eigenvalue weighted by Gasteiger charge is -2.30. The van der Waals surface area contributed by atoms with Gasteiger partial charge in [0.05, 0.1) is 5.92 Å². The Balaban J connectivity index is 1.70. The van der Waals surface area contributed by atoms with Gasteiger partial charge in [0, 0.05) is 19.3 Å². The first-order valence-electron chi connectivity index (χ1n) is 7.74. The second-order valence-electron chi connectivity index (χ2n) is 5.84. The molecule has 3 heterocycles. The van der Waals surface area contributed by atoms with Gasteiger partial charge in [-0.15, -0.1) is 11.3 Å². The maximum absolute atomic E-state index is 12.6. The van der Waals surface area contributed by atoms with Gasteiger partial charge in [-0.2, -0.15) is 4.31 Å². The van der Waals surface area contributed by atoms with Crippen LogP contribution in [0.2, 0.25) is 0 Å². The Hall–Kier alpha value is -1.77. The summed E-state index contributed by atoms with van der Waals surface area (Å²) in [6.07, 6.45) is 2.98. The molecule has 6 nitrogen and oxygen atoms in total. The molecular formula is C16H19N3O3S2. The van der Waals surface area contributed by atoms with Crippen molar-refractivity contribution < 1.29 is 13.2 Å². The Morgan fingerprint density at radius 3 is 2.96 bits per heavy atom. The van der Waals surface area contributed by atoms with Crippen molar-refractivity contribution in [2.45, 2.75) is 24.0 Å². The van der Waals surface area contributed by atoms with Crippen molar-refractivity contribution in [2.24, 2.45) is 5.92 Å². The summed E-state index contributed by atoms with van der Waals surface area (Å²) in [5.74, 6) is -0.0479. The van der Waals surface area contributed by atoms with E-state index < -0.39 is 10.0 Å². The smallest absolute Gasteiger partial charge is 0.252 e.